The lowest BCUT2D eigenvalue weighted by Crippen LogP contribution is -2.12. The first-order valence-corrected chi connectivity index (χ1v) is 8.03. The van der Waals surface area contributed by atoms with E-state index in [9.17, 15) is 0 Å². The Morgan fingerprint density at radius 2 is 2.26 bits per heavy atom. The van der Waals surface area contributed by atoms with E-state index in [0.717, 1.165) is 19.6 Å². The second-order valence-corrected chi connectivity index (χ2v) is 6.42. The first-order valence-electron chi connectivity index (χ1n) is 6.95. The van der Waals surface area contributed by atoms with Crippen molar-refractivity contribution in [2.24, 2.45) is 0 Å². The summed E-state index contributed by atoms with van der Waals surface area (Å²) >= 11 is 2.40. The van der Waals surface area contributed by atoms with Crippen molar-refractivity contribution in [2.45, 2.75) is 39.2 Å². The molecule has 1 unspecified atom stereocenters. The molecular formula is C16H22INO. The van der Waals surface area contributed by atoms with E-state index in [-0.39, 0.29) is 0 Å². The summed E-state index contributed by atoms with van der Waals surface area (Å²) in [5.74, 6) is 0. The standard InChI is InChI=1S/C16H22INO/c1-12(2)8-9-18-15-7-6-13(11-14(15)17)16-5-3-4-10-19-16/h6-8,11,16,18H,3-5,9-10H2,1-2H3. The van der Waals surface area contributed by atoms with Crippen molar-refractivity contribution in [3.05, 3.63) is 39.0 Å². The fourth-order valence-electron chi connectivity index (χ4n) is 2.24. The lowest BCUT2D eigenvalue weighted by molar-refractivity contribution is 0.0149. The molecule has 1 saturated heterocycles. The summed E-state index contributed by atoms with van der Waals surface area (Å²) in [6.45, 7) is 6.03. The number of hydrogen-bond acceptors (Lipinski definition) is 2. The van der Waals surface area contributed by atoms with Gasteiger partial charge < -0.3 is 10.1 Å². The van der Waals surface area contributed by atoms with E-state index < -0.39 is 0 Å². The molecule has 3 heteroatoms. The van der Waals surface area contributed by atoms with Crippen LogP contribution in [0, 0.1) is 3.57 Å². The molecule has 0 amide bonds. The molecule has 2 rings (SSSR count). The van der Waals surface area contributed by atoms with Gasteiger partial charge in [0.15, 0.2) is 0 Å². The van der Waals surface area contributed by atoms with Crippen molar-refractivity contribution in [3.8, 4) is 0 Å². The van der Waals surface area contributed by atoms with E-state index in [1.54, 1.807) is 0 Å². The van der Waals surface area contributed by atoms with Gasteiger partial charge in [0, 0.05) is 22.4 Å². The smallest absolute Gasteiger partial charge is 0.0825 e. The van der Waals surface area contributed by atoms with E-state index in [1.807, 2.05) is 0 Å². The molecule has 0 radical (unpaired) electrons. The minimum atomic E-state index is 0.300. The molecule has 2 nitrogen and oxygen atoms in total. The van der Waals surface area contributed by atoms with Crippen LogP contribution in [0.1, 0.15) is 44.8 Å². The molecule has 1 aromatic rings. The largest absolute Gasteiger partial charge is 0.381 e. The van der Waals surface area contributed by atoms with Crippen molar-refractivity contribution in [2.75, 3.05) is 18.5 Å². The highest BCUT2D eigenvalue weighted by Crippen LogP contribution is 2.30. The number of hydrogen-bond donors (Lipinski definition) is 1. The third-order valence-electron chi connectivity index (χ3n) is 3.35. The number of benzene rings is 1. The number of nitrogens with one attached hydrogen (secondary N) is 1. The average Bonchev–Trinajstić information content (AvgIpc) is 2.41. The van der Waals surface area contributed by atoms with Crippen LogP contribution in [0.25, 0.3) is 0 Å². The van der Waals surface area contributed by atoms with Gasteiger partial charge in [0.25, 0.3) is 0 Å². The highest BCUT2D eigenvalue weighted by atomic mass is 127. The molecular weight excluding hydrogens is 349 g/mol. The van der Waals surface area contributed by atoms with Gasteiger partial charge in [-0.15, -0.1) is 0 Å². The van der Waals surface area contributed by atoms with Gasteiger partial charge in [-0.1, -0.05) is 17.7 Å². The van der Waals surface area contributed by atoms with E-state index in [4.69, 9.17) is 4.74 Å². The van der Waals surface area contributed by atoms with Gasteiger partial charge in [0.05, 0.1) is 6.10 Å². The predicted octanol–water partition coefficient (Wildman–Crippen LogP) is 4.91. The summed E-state index contributed by atoms with van der Waals surface area (Å²) in [5, 5.41) is 3.45. The fourth-order valence-corrected chi connectivity index (χ4v) is 2.97. The zero-order valence-electron chi connectivity index (χ0n) is 11.7. The molecule has 0 aromatic heterocycles. The Labute approximate surface area is 129 Å². The quantitative estimate of drug-likeness (QED) is 0.600. The first-order chi connectivity index (χ1) is 9.16. The fraction of sp³-hybridized carbons (Fsp3) is 0.500. The van der Waals surface area contributed by atoms with Gasteiger partial charge in [0.1, 0.15) is 0 Å². The summed E-state index contributed by atoms with van der Waals surface area (Å²) in [7, 11) is 0. The number of allylic oxidation sites excluding steroid dienone is 1. The highest BCUT2D eigenvalue weighted by molar-refractivity contribution is 14.1. The van der Waals surface area contributed by atoms with E-state index in [0.29, 0.717) is 6.10 Å². The Morgan fingerprint density at radius 3 is 2.89 bits per heavy atom. The number of halogens is 1. The van der Waals surface area contributed by atoms with Crippen molar-refractivity contribution >= 4 is 28.3 Å². The van der Waals surface area contributed by atoms with Gasteiger partial charge in [-0.25, -0.2) is 0 Å². The summed E-state index contributed by atoms with van der Waals surface area (Å²) in [5.41, 5.74) is 3.87. The molecule has 1 fully saturated rings. The molecule has 0 aliphatic carbocycles. The summed E-state index contributed by atoms with van der Waals surface area (Å²) in [4.78, 5) is 0. The molecule has 0 saturated carbocycles. The van der Waals surface area contributed by atoms with Crippen LogP contribution in [-0.4, -0.2) is 13.2 Å². The van der Waals surface area contributed by atoms with E-state index in [1.165, 1.54) is 33.2 Å². The summed E-state index contributed by atoms with van der Waals surface area (Å²) in [6.07, 6.45) is 6.14. The Bertz CT molecular complexity index is 446. The first kappa shape index (κ1) is 14.9. The van der Waals surface area contributed by atoms with Gasteiger partial charge >= 0.3 is 0 Å². The molecule has 1 N–H and O–H groups in total. The Kier molecular flexibility index (Phi) is 5.70. The predicted molar refractivity (Wildman–Crippen MR) is 89.6 cm³/mol. The van der Waals surface area contributed by atoms with Crippen LogP contribution in [0.2, 0.25) is 0 Å². The Balaban J connectivity index is 2.01. The summed E-state index contributed by atoms with van der Waals surface area (Å²) in [6, 6.07) is 6.62. The zero-order chi connectivity index (χ0) is 13.7. The molecule has 1 aromatic carbocycles. The van der Waals surface area contributed by atoms with E-state index in [2.05, 4.69) is 66.0 Å². The summed E-state index contributed by atoms with van der Waals surface area (Å²) < 4.78 is 7.11. The SMILES string of the molecule is CC(C)=CCNc1ccc(C2CCCCO2)cc1I. The minimum Gasteiger partial charge on any atom is -0.381 e. The highest BCUT2D eigenvalue weighted by Gasteiger charge is 2.16. The van der Waals surface area contributed by atoms with Crippen LogP contribution in [0.3, 0.4) is 0 Å². The number of rotatable bonds is 4. The topological polar surface area (TPSA) is 21.3 Å². The molecule has 1 atom stereocenters. The molecule has 1 aliphatic heterocycles. The molecule has 19 heavy (non-hydrogen) atoms. The van der Waals surface area contributed by atoms with Gasteiger partial charge in [0.2, 0.25) is 0 Å². The van der Waals surface area contributed by atoms with Crippen molar-refractivity contribution in [1.82, 2.24) is 0 Å². The zero-order valence-corrected chi connectivity index (χ0v) is 13.9. The normalized spacial score (nSPS) is 19.0. The van der Waals surface area contributed by atoms with Crippen molar-refractivity contribution < 1.29 is 4.74 Å². The van der Waals surface area contributed by atoms with Crippen LogP contribution < -0.4 is 5.32 Å². The second-order valence-electron chi connectivity index (χ2n) is 5.26. The molecule has 1 heterocycles. The van der Waals surface area contributed by atoms with Gasteiger partial charge in [-0.05, 0) is 73.4 Å². The number of anilines is 1. The third kappa shape index (κ3) is 4.49. The molecule has 0 bridgehead atoms. The second kappa shape index (κ2) is 7.29. The van der Waals surface area contributed by atoms with Crippen LogP contribution in [-0.2, 0) is 4.74 Å². The third-order valence-corrected chi connectivity index (χ3v) is 4.24. The monoisotopic (exact) mass is 371 g/mol. The number of ether oxygens (including phenoxy) is 1. The maximum Gasteiger partial charge on any atom is 0.0825 e. The van der Waals surface area contributed by atoms with Crippen LogP contribution >= 0.6 is 22.6 Å². The Hall–Kier alpha value is -0.550. The average molecular weight is 371 g/mol. The van der Waals surface area contributed by atoms with Crippen LogP contribution in [0.15, 0.2) is 29.8 Å². The minimum absolute atomic E-state index is 0.300. The molecule has 104 valence electrons. The van der Waals surface area contributed by atoms with E-state index >= 15 is 0 Å². The maximum absolute atomic E-state index is 5.84. The van der Waals surface area contributed by atoms with Gasteiger partial charge in [-0.2, -0.15) is 0 Å². The molecule has 1 aliphatic rings. The van der Waals surface area contributed by atoms with Crippen molar-refractivity contribution in [1.29, 1.82) is 0 Å². The van der Waals surface area contributed by atoms with Crippen LogP contribution in [0.4, 0.5) is 5.69 Å². The molecule has 0 spiro atoms. The lowest BCUT2D eigenvalue weighted by atomic mass is 10.0. The van der Waals surface area contributed by atoms with Gasteiger partial charge in [-0.3, -0.25) is 0 Å². The lowest BCUT2D eigenvalue weighted by Gasteiger charge is -2.23. The van der Waals surface area contributed by atoms with Crippen molar-refractivity contribution in [3.63, 3.8) is 0 Å². The van der Waals surface area contributed by atoms with Crippen LogP contribution in [0.5, 0.6) is 0 Å². The Morgan fingerprint density at radius 1 is 1.42 bits per heavy atom. The maximum atomic E-state index is 5.84.